The number of hydrogen-bond donors (Lipinski definition) is 2. The number of aryl methyl sites for hydroxylation is 1. The summed E-state index contributed by atoms with van der Waals surface area (Å²) in [5, 5.41) is 16.4. The maximum Gasteiger partial charge on any atom is 0.251 e. The van der Waals surface area contributed by atoms with Crippen molar-refractivity contribution in [3.8, 4) is 16.8 Å². The Bertz CT molecular complexity index is 961. The van der Waals surface area contributed by atoms with Crippen molar-refractivity contribution in [3.05, 3.63) is 65.7 Å². The number of hydrogen-bond acceptors (Lipinski definition) is 4. The van der Waals surface area contributed by atoms with Gasteiger partial charge < -0.3 is 10.4 Å². The summed E-state index contributed by atoms with van der Waals surface area (Å²) in [6.45, 7) is 7.80. The van der Waals surface area contributed by atoms with E-state index in [2.05, 4.69) is 29.2 Å². The molecule has 0 fully saturated rings. The number of nitrogens with one attached hydrogen (secondary N) is 1. The number of carbonyl (C=O) groups is 1. The molecule has 0 bridgehead atoms. The van der Waals surface area contributed by atoms with Crippen molar-refractivity contribution in [3.63, 3.8) is 0 Å². The first-order valence-electron chi connectivity index (χ1n) is 9.43. The summed E-state index contributed by atoms with van der Waals surface area (Å²) in [4.78, 5) is 17.1. The molecule has 1 aromatic heterocycles. The molecule has 6 nitrogen and oxygen atoms in total. The zero-order valence-corrected chi connectivity index (χ0v) is 16.7. The normalized spacial score (nSPS) is 12.2. The lowest BCUT2D eigenvalue weighted by Crippen LogP contribution is -2.35. The molecule has 0 saturated carbocycles. The van der Waals surface area contributed by atoms with Crippen molar-refractivity contribution >= 4 is 5.91 Å². The third kappa shape index (κ3) is 4.28. The Labute approximate surface area is 165 Å². The Kier molecular flexibility index (Phi) is 5.90. The van der Waals surface area contributed by atoms with Gasteiger partial charge in [0.25, 0.3) is 5.91 Å². The second-order valence-electron chi connectivity index (χ2n) is 7.38. The average Bonchev–Trinajstić information content (AvgIpc) is 3.18. The van der Waals surface area contributed by atoms with E-state index in [1.54, 1.807) is 17.7 Å². The van der Waals surface area contributed by atoms with E-state index in [0.717, 1.165) is 22.6 Å². The quantitative estimate of drug-likeness (QED) is 0.688. The minimum atomic E-state index is -0.323. The van der Waals surface area contributed by atoms with Crippen LogP contribution in [0.15, 0.2) is 48.8 Å². The lowest BCUT2D eigenvalue weighted by atomic mass is 10.0. The van der Waals surface area contributed by atoms with Crippen LogP contribution < -0.4 is 5.32 Å². The molecule has 0 saturated heterocycles. The Morgan fingerprint density at radius 1 is 1.11 bits per heavy atom. The summed E-state index contributed by atoms with van der Waals surface area (Å²) in [5.41, 5.74) is 4.40. The van der Waals surface area contributed by atoms with Crippen LogP contribution in [0.5, 0.6) is 0 Å². The van der Waals surface area contributed by atoms with Gasteiger partial charge in [-0.3, -0.25) is 4.79 Å². The van der Waals surface area contributed by atoms with Crippen molar-refractivity contribution in [2.75, 3.05) is 6.61 Å². The van der Waals surface area contributed by atoms with Gasteiger partial charge in [-0.15, -0.1) is 0 Å². The van der Waals surface area contributed by atoms with Crippen LogP contribution in [0.25, 0.3) is 16.8 Å². The molecule has 6 heteroatoms. The van der Waals surface area contributed by atoms with Crippen LogP contribution in [-0.2, 0) is 0 Å². The maximum atomic E-state index is 12.7. The minimum Gasteiger partial charge on any atom is -0.394 e. The van der Waals surface area contributed by atoms with Crippen LogP contribution in [0.4, 0.5) is 0 Å². The summed E-state index contributed by atoms with van der Waals surface area (Å²) in [6, 6.07) is 13.5. The van der Waals surface area contributed by atoms with Gasteiger partial charge in [0.2, 0.25) is 0 Å². The highest BCUT2D eigenvalue weighted by Gasteiger charge is 2.16. The zero-order valence-electron chi connectivity index (χ0n) is 16.7. The molecule has 1 amide bonds. The van der Waals surface area contributed by atoms with Gasteiger partial charge in [0, 0.05) is 17.5 Å². The monoisotopic (exact) mass is 378 g/mol. The third-order valence-corrected chi connectivity index (χ3v) is 4.55. The van der Waals surface area contributed by atoms with Crippen LogP contribution in [0.1, 0.15) is 48.4 Å². The van der Waals surface area contributed by atoms with E-state index in [-0.39, 0.29) is 24.5 Å². The standard InChI is InChI=1S/C22H26N4O2/c1-14(2)21-23-13-24-26(21)20-10-18(17-7-5-15(3)6-8-17)9-19(11-20)22(28)25-16(4)12-27/h5-11,13-14,16,27H,12H2,1-4H3,(H,25,28). The van der Waals surface area contributed by atoms with Gasteiger partial charge in [-0.1, -0.05) is 43.7 Å². The smallest absolute Gasteiger partial charge is 0.251 e. The van der Waals surface area contributed by atoms with E-state index in [9.17, 15) is 9.90 Å². The lowest BCUT2D eigenvalue weighted by Gasteiger charge is -2.15. The first-order valence-corrected chi connectivity index (χ1v) is 9.43. The van der Waals surface area contributed by atoms with E-state index in [1.165, 1.54) is 11.9 Å². The molecular weight excluding hydrogens is 352 g/mol. The molecule has 0 radical (unpaired) electrons. The molecule has 146 valence electrons. The van der Waals surface area contributed by atoms with Gasteiger partial charge >= 0.3 is 0 Å². The number of carbonyl (C=O) groups excluding carboxylic acids is 1. The SMILES string of the molecule is Cc1ccc(-c2cc(C(=O)NC(C)CO)cc(-n3ncnc3C(C)C)c2)cc1. The van der Waals surface area contributed by atoms with E-state index in [4.69, 9.17) is 0 Å². The Morgan fingerprint density at radius 3 is 2.46 bits per heavy atom. The highest BCUT2D eigenvalue weighted by atomic mass is 16.3. The molecule has 0 spiro atoms. The molecule has 3 aromatic rings. The predicted molar refractivity (Wildman–Crippen MR) is 110 cm³/mol. The fraction of sp³-hybridized carbons (Fsp3) is 0.318. The number of benzene rings is 2. The molecule has 0 aliphatic heterocycles. The van der Waals surface area contributed by atoms with Crippen molar-refractivity contribution in [2.45, 2.75) is 39.7 Å². The van der Waals surface area contributed by atoms with Crippen LogP contribution in [0, 0.1) is 6.92 Å². The van der Waals surface area contributed by atoms with Gasteiger partial charge in [-0.25, -0.2) is 9.67 Å². The first kappa shape index (κ1) is 19.8. The Balaban J connectivity index is 2.12. The predicted octanol–water partition coefficient (Wildman–Crippen LogP) is 3.48. The van der Waals surface area contributed by atoms with Gasteiger partial charge in [0.05, 0.1) is 12.3 Å². The minimum absolute atomic E-state index is 0.114. The molecule has 3 rings (SSSR count). The fourth-order valence-corrected chi connectivity index (χ4v) is 2.97. The van der Waals surface area contributed by atoms with Gasteiger partial charge in [0.1, 0.15) is 12.2 Å². The largest absolute Gasteiger partial charge is 0.394 e. The second kappa shape index (κ2) is 8.35. The highest BCUT2D eigenvalue weighted by Crippen LogP contribution is 2.26. The fourth-order valence-electron chi connectivity index (χ4n) is 2.97. The summed E-state index contributed by atoms with van der Waals surface area (Å²) in [7, 11) is 0. The Morgan fingerprint density at radius 2 is 1.82 bits per heavy atom. The molecule has 1 atom stereocenters. The van der Waals surface area contributed by atoms with Crippen LogP contribution >= 0.6 is 0 Å². The molecular formula is C22H26N4O2. The number of nitrogens with zero attached hydrogens (tertiary/aromatic N) is 3. The topological polar surface area (TPSA) is 80.0 Å². The summed E-state index contributed by atoms with van der Waals surface area (Å²) in [5.74, 6) is 0.788. The average molecular weight is 378 g/mol. The first-order chi connectivity index (χ1) is 13.4. The summed E-state index contributed by atoms with van der Waals surface area (Å²) >= 11 is 0. The number of aliphatic hydroxyl groups is 1. The highest BCUT2D eigenvalue weighted by molar-refractivity contribution is 5.96. The molecule has 2 aromatic carbocycles. The second-order valence-corrected chi connectivity index (χ2v) is 7.38. The lowest BCUT2D eigenvalue weighted by molar-refractivity contribution is 0.0922. The molecule has 1 unspecified atom stereocenters. The van der Waals surface area contributed by atoms with Gasteiger partial charge in [-0.05, 0) is 43.2 Å². The van der Waals surface area contributed by atoms with Crippen molar-refractivity contribution < 1.29 is 9.90 Å². The number of rotatable bonds is 6. The molecule has 0 aliphatic carbocycles. The third-order valence-electron chi connectivity index (χ3n) is 4.55. The number of amides is 1. The van der Waals surface area contributed by atoms with E-state index in [1.807, 2.05) is 43.3 Å². The van der Waals surface area contributed by atoms with Crippen molar-refractivity contribution in [1.82, 2.24) is 20.1 Å². The van der Waals surface area contributed by atoms with E-state index < -0.39 is 0 Å². The van der Waals surface area contributed by atoms with E-state index in [0.29, 0.717) is 5.56 Å². The molecule has 2 N–H and O–H groups in total. The van der Waals surface area contributed by atoms with Crippen LogP contribution in [0.2, 0.25) is 0 Å². The van der Waals surface area contributed by atoms with Crippen molar-refractivity contribution in [2.24, 2.45) is 0 Å². The van der Waals surface area contributed by atoms with Gasteiger partial charge in [0.15, 0.2) is 0 Å². The van der Waals surface area contributed by atoms with Crippen molar-refractivity contribution in [1.29, 1.82) is 0 Å². The van der Waals surface area contributed by atoms with Gasteiger partial charge in [-0.2, -0.15) is 5.10 Å². The molecule has 1 heterocycles. The Hall–Kier alpha value is -2.99. The molecule has 0 aliphatic rings. The summed E-state index contributed by atoms with van der Waals surface area (Å²) in [6.07, 6.45) is 1.53. The maximum absolute atomic E-state index is 12.7. The van der Waals surface area contributed by atoms with E-state index >= 15 is 0 Å². The number of aromatic nitrogens is 3. The summed E-state index contributed by atoms with van der Waals surface area (Å²) < 4.78 is 1.77. The van der Waals surface area contributed by atoms with Crippen LogP contribution in [0.3, 0.4) is 0 Å². The molecule has 28 heavy (non-hydrogen) atoms. The zero-order chi connectivity index (χ0) is 20.3. The number of aliphatic hydroxyl groups excluding tert-OH is 1. The van der Waals surface area contributed by atoms with Crippen LogP contribution in [-0.4, -0.2) is 38.4 Å².